The Morgan fingerprint density at radius 2 is 1.72 bits per heavy atom. The van der Waals surface area contributed by atoms with Crippen LogP contribution in [0, 0.1) is 13.7 Å². The second-order valence-corrected chi connectivity index (χ2v) is 7.48. The molecular formula is C17H11IN2O4S. The Morgan fingerprint density at radius 3 is 2.32 bits per heavy atom. The smallest absolute Gasteiger partial charge is 0.268 e. The van der Waals surface area contributed by atoms with Crippen LogP contribution in [-0.2, 0) is 11.3 Å². The van der Waals surface area contributed by atoms with E-state index >= 15 is 0 Å². The van der Waals surface area contributed by atoms with Crippen LogP contribution in [0.4, 0.5) is 10.5 Å². The lowest BCUT2D eigenvalue weighted by molar-refractivity contribution is -0.384. The van der Waals surface area contributed by atoms with Gasteiger partial charge in [0.15, 0.2) is 0 Å². The fraction of sp³-hybridized carbons (Fsp3) is 0.0588. The molecule has 0 saturated carbocycles. The highest BCUT2D eigenvalue weighted by molar-refractivity contribution is 14.1. The summed E-state index contributed by atoms with van der Waals surface area (Å²) in [5.74, 6) is -0.355. The lowest BCUT2D eigenvalue weighted by Crippen LogP contribution is -2.27. The first-order valence-electron chi connectivity index (χ1n) is 7.18. The number of carbonyl (C=O) groups excluding carboxylic acids is 2. The summed E-state index contributed by atoms with van der Waals surface area (Å²) in [7, 11) is 0. The van der Waals surface area contributed by atoms with Crippen LogP contribution in [0.25, 0.3) is 6.08 Å². The summed E-state index contributed by atoms with van der Waals surface area (Å²) in [4.78, 5) is 36.3. The second-order valence-electron chi connectivity index (χ2n) is 5.24. The Kier molecular flexibility index (Phi) is 5.19. The largest absolute Gasteiger partial charge is 0.293 e. The van der Waals surface area contributed by atoms with Crippen molar-refractivity contribution in [1.29, 1.82) is 0 Å². The van der Waals surface area contributed by atoms with Gasteiger partial charge in [0, 0.05) is 15.7 Å². The first-order valence-corrected chi connectivity index (χ1v) is 9.08. The van der Waals surface area contributed by atoms with Crippen LogP contribution < -0.4 is 0 Å². The van der Waals surface area contributed by atoms with E-state index in [0.717, 1.165) is 20.9 Å². The van der Waals surface area contributed by atoms with E-state index in [9.17, 15) is 19.7 Å². The van der Waals surface area contributed by atoms with Gasteiger partial charge in [-0.1, -0.05) is 12.1 Å². The Balaban J connectivity index is 1.78. The van der Waals surface area contributed by atoms with Gasteiger partial charge in [0.05, 0.1) is 16.4 Å². The summed E-state index contributed by atoms with van der Waals surface area (Å²) in [6.45, 7) is 0.221. The molecule has 1 heterocycles. The highest BCUT2D eigenvalue weighted by Crippen LogP contribution is 2.33. The van der Waals surface area contributed by atoms with Crippen molar-refractivity contribution < 1.29 is 14.5 Å². The maximum atomic E-state index is 12.5. The fourth-order valence-corrected chi connectivity index (χ4v) is 3.45. The van der Waals surface area contributed by atoms with Gasteiger partial charge in [-0.25, -0.2) is 0 Å². The Bertz CT molecular complexity index is 879. The minimum atomic E-state index is -0.487. The fourth-order valence-electron chi connectivity index (χ4n) is 2.25. The number of rotatable bonds is 4. The molecule has 0 N–H and O–H groups in total. The molecular weight excluding hydrogens is 455 g/mol. The maximum absolute atomic E-state index is 12.5. The third-order valence-corrected chi connectivity index (χ3v) is 5.16. The minimum absolute atomic E-state index is 0.0241. The lowest BCUT2D eigenvalue weighted by atomic mass is 10.2. The van der Waals surface area contributed by atoms with E-state index in [1.165, 1.54) is 17.0 Å². The SMILES string of the molecule is O=C1S/C(=C/c2ccc([N+](=O)[O-])cc2)C(=O)N1Cc1ccc(I)cc1. The number of nitrogens with zero attached hydrogens (tertiary/aromatic N) is 2. The number of thioether (sulfide) groups is 1. The average Bonchev–Trinajstić information content (AvgIpc) is 2.85. The molecule has 126 valence electrons. The zero-order chi connectivity index (χ0) is 18.0. The molecule has 0 bridgehead atoms. The van der Waals surface area contributed by atoms with Crippen molar-refractivity contribution in [3.8, 4) is 0 Å². The number of hydrogen-bond acceptors (Lipinski definition) is 5. The summed E-state index contributed by atoms with van der Waals surface area (Å²) in [6, 6.07) is 13.4. The second kappa shape index (κ2) is 7.36. The van der Waals surface area contributed by atoms with Crippen molar-refractivity contribution in [2.75, 3.05) is 0 Å². The van der Waals surface area contributed by atoms with Crippen molar-refractivity contribution in [1.82, 2.24) is 4.90 Å². The van der Waals surface area contributed by atoms with E-state index in [1.54, 1.807) is 18.2 Å². The van der Waals surface area contributed by atoms with E-state index in [4.69, 9.17) is 0 Å². The van der Waals surface area contributed by atoms with Gasteiger partial charge in [-0.3, -0.25) is 24.6 Å². The minimum Gasteiger partial charge on any atom is -0.268 e. The van der Waals surface area contributed by atoms with Gasteiger partial charge in [-0.15, -0.1) is 0 Å². The molecule has 6 nitrogen and oxygen atoms in total. The summed E-state index contributed by atoms with van der Waals surface area (Å²) in [5.41, 5.74) is 1.48. The average molecular weight is 466 g/mol. The van der Waals surface area contributed by atoms with Crippen molar-refractivity contribution in [3.63, 3.8) is 0 Å². The summed E-state index contributed by atoms with van der Waals surface area (Å²) < 4.78 is 1.08. The highest BCUT2D eigenvalue weighted by atomic mass is 127. The zero-order valence-corrected chi connectivity index (χ0v) is 15.7. The van der Waals surface area contributed by atoms with Gasteiger partial charge in [0.2, 0.25) is 0 Å². The molecule has 3 rings (SSSR count). The molecule has 2 aromatic carbocycles. The monoisotopic (exact) mass is 466 g/mol. The number of nitro groups is 1. The molecule has 0 atom stereocenters. The number of halogens is 1. The third-order valence-electron chi connectivity index (χ3n) is 3.53. The molecule has 2 amide bonds. The van der Waals surface area contributed by atoms with Crippen LogP contribution in [0.1, 0.15) is 11.1 Å². The summed E-state index contributed by atoms with van der Waals surface area (Å²) in [6.07, 6.45) is 1.57. The van der Waals surface area contributed by atoms with Gasteiger partial charge in [-0.05, 0) is 75.8 Å². The number of non-ortho nitro benzene ring substituents is 1. The molecule has 1 fully saturated rings. The number of imide groups is 1. The van der Waals surface area contributed by atoms with Crippen molar-refractivity contribution in [2.45, 2.75) is 6.54 Å². The van der Waals surface area contributed by atoms with Gasteiger partial charge in [0.1, 0.15) is 0 Å². The molecule has 0 aromatic heterocycles. The Hall–Kier alpha value is -2.20. The molecule has 1 saturated heterocycles. The van der Waals surface area contributed by atoms with Crippen LogP contribution in [0.2, 0.25) is 0 Å². The summed E-state index contributed by atoms with van der Waals surface area (Å²) >= 11 is 3.06. The van der Waals surface area contributed by atoms with Crippen molar-refractivity contribution >= 4 is 57.3 Å². The van der Waals surface area contributed by atoms with E-state index in [-0.39, 0.29) is 23.4 Å². The van der Waals surface area contributed by atoms with Gasteiger partial charge in [0.25, 0.3) is 16.8 Å². The zero-order valence-electron chi connectivity index (χ0n) is 12.7. The Labute approximate surface area is 161 Å². The molecule has 0 aliphatic carbocycles. The number of nitro benzene ring substituents is 1. The number of hydrogen-bond donors (Lipinski definition) is 0. The predicted octanol–water partition coefficient (Wildman–Crippen LogP) is 4.44. The normalized spacial score (nSPS) is 15.9. The van der Waals surface area contributed by atoms with Gasteiger partial charge >= 0.3 is 0 Å². The number of amides is 2. The third kappa shape index (κ3) is 4.07. The van der Waals surface area contributed by atoms with Gasteiger partial charge < -0.3 is 0 Å². The number of carbonyl (C=O) groups is 2. The summed E-state index contributed by atoms with van der Waals surface area (Å²) in [5, 5.41) is 10.3. The molecule has 8 heteroatoms. The van der Waals surface area contributed by atoms with E-state index in [1.807, 2.05) is 24.3 Å². The molecule has 1 aliphatic heterocycles. The van der Waals surface area contributed by atoms with Crippen molar-refractivity contribution in [2.24, 2.45) is 0 Å². The first-order chi connectivity index (χ1) is 11.9. The van der Waals surface area contributed by atoms with Crippen LogP contribution in [0.5, 0.6) is 0 Å². The van der Waals surface area contributed by atoms with Crippen LogP contribution in [0.3, 0.4) is 0 Å². The number of benzene rings is 2. The highest BCUT2D eigenvalue weighted by Gasteiger charge is 2.34. The standard InChI is InChI=1S/C17H11IN2O4S/c18-13-5-1-12(2-6-13)10-19-16(21)15(25-17(19)22)9-11-3-7-14(8-4-11)20(23)24/h1-9H,10H2/b15-9+. The maximum Gasteiger partial charge on any atom is 0.293 e. The quantitative estimate of drug-likeness (QED) is 0.288. The van der Waals surface area contributed by atoms with Gasteiger partial charge in [-0.2, -0.15) is 0 Å². The van der Waals surface area contributed by atoms with Crippen LogP contribution in [-0.4, -0.2) is 21.0 Å². The van der Waals surface area contributed by atoms with E-state index in [0.29, 0.717) is 10.5 Å². The molecule has 2 aromatic rings. The molecule has 0 unspecified atom stereocenters. The van der Waals surface area contributed by atoms with Crippen LogP contribution in [0.15, 0.2) is 53.4 Å². The van der Waals surface area contributed by atoms with Crippen LogP contribution >= 0.6 is 34.4 Å². The molecule has 0 spiro atoms. The molecule has 25 heavy (non-hydrogen) atoms. The van der Waals surface area contributed by atoms with E-state index in [2.05, 4.69) is 22.6 Å². The molecule has 0 radical (unpaired) electrons. The Morgan fingerprint density at radius 1 is 1.08 bits per heavy atom. The first kappa shape index (κ1) is 17.6. The molecule has 1 aliphatic rings. The van der Waals surface area contributed by atoms with Crippen molar-refractivity contribution in [3.05, 3.63) is 78.2 Å². The topological polar surface area (TPSA) is 80.5 Å². The lowest BCUT2D eigenvalue weighted by Gasteiger charge is -2.12. The predicted molar refractivity (Wildman–Crippen MR) is 104 cm³/mol. The van der Waals surface area contributed by atoms with E-state index < -0.39 is 4.92 Å².